The third kappa shape index (κ3) is 5.19. The predicted molar refractivity (Wildman–Crippen MR) is 93.7 cm³/mol. The molecule has 0 saturated heterocycles. The van der Waals surface area contributed by atoms with Gasteiger partial charge in [-0.25, -0.2) is 8.42 Å². The van der Waals surface area contributed by atoms with E-state index in [0.29, 0.717) is 11.4 Å². The van der Waals surface area contributed by atoms with Crippen molar-refractivity contribution in [3.8, 4) is 0 Å². The van der Waals surface area contributed by atoms with Gasteiger partial charge >= 0.3 is 0 Å². The Labute approximate surface area is 144 Å². The largest absolute Gasteiger partial charge is 0.350 e. The van der Waals surface area contributed by atoms with E-state index in [2.05, 4.69) is 5.32 Å². The van der Waals surface area contributed by atoms with Crippen molar-refractivity contribution in [3.63, 3.8) is 0 Å². The highest BCUT2D eigenvalue weighted by atomic mass is 35.5. The maximum atomic E-state index is 12.4. The molecule has 0 heterocycles. The lowest BCUT2D eigenvalue weighted by Gasteiger charge is -2.24. The number of amides is 1. The number of nitrogens with two attached hydrogens (primary N) is 1. The monoisotopic (exact) mass is 360 g/mol. The normalized spacial score (nSPS) is 14.0. The Kier molecular flexibility index (Phi) is 6.62. The quantitative estimate of drug-likeness (QED) is 0.806. The van der Waals surface area contributed by atoms with Gasteiger partial charge in [0.2, 0.25) is 5.91 Å². The second-order valence-corrected chi connectivity index (χ2v) is 8.60. The fraction of sp³-hybridized carbons (Fsp3) is 0.562. The van der Waals surface area contributed by atoms with Crippen molar-refractivity contribution in [2.45, 2.75) is 50.0 Å². The fourth-order valence-electron chi connectivity index (χ4n) is 2.58. The van der Waals surface area contributed by atoms with Crippen molar-refractivity contribution in [1.29, 1.82) is 0 Å². The Morgan fingerprint density at radius 2 is 1.91 bits per heavy atom. The van der Waals surface area contributed by atoms with E-state index < -0.39 is 15.4 Å². The SMILES string of the molecule is CC(C)(CN)NC(=O)CCS(=O)(=O)c1ccc2c(c1)CCC2.Cl. The van der Waals surface area contributed by atoms with E-state index in [9.17, 15) is 13.2 Å². The zero-order valence-electron chi connectivity index (χ0n) is 13.6. The number of nitrogens with one attached hydrogen (secondary N) is 1. The number of benzene rings is 1. The summed E-state index contributed by atoms with van der Waals surface area (Å²) in [5.41, 5.74) is 7.38. The molecule has 1 aromatic rings. The van der Waals surface area contributed by atoms with E-state index in [1.165, 1.54) is 5.56 Å². The minimum absolute atomic E-state index is 0. The maximum Gasteiger partial charge on any atom is 0.221 e. The average Bonchev–Trinajstić information content (AvgIpc) is 2.92. The van der Waals surface area contributed by atoms with Gasteiger partial charge in [0.15, 0.2) is 9.84 Å². The summed E-state index contributed by atoms with van der Waals surface area (Å²) in [5, 5.41) is 2.74. The standard InChI is InChI=1S/C16H24N2O3S.ClH/c1-16(2,11-17)18-15(19)8-9-22(20,21)14-7-6-12-4-3-5-13(12)10-14;/h6-7,10H,3-5,8-9,11,17H2,1-2H3,(H,18,19);1H. The van der Waals surface area contributed by atoms with E-state index in [4.69, 9.17) is 5.73 Å². The van der Waals surface area contributed by atoms with Crippen LogP contribution in [0.25, 0.3) is 0 Å². The van der Waals surface area contributed by atoms with Crippen LogP contribution in [0.15, 0.2) is 23.1 Å². The molecule has 7 heteroatoms. The van der Waals surface area contributed by atoms with Gasteiger partial charge < -0.3 is 11.1 Å². The summed E-state index contributed by atoms with van der Waals surface area (Å²) in [6.07, 6.45) is 2.98. The Bertz CT molecular complexity index is 672. The molecule has 2 rings (SSSR count). The first kappa shape index (κ1) is 19.9. The van der Waals surface area contributed by atoms with Crippen molar-refractivity contribution in [3.05, 3.63) is 29.3 Å². The number of halogens is 1. The van der Waals surface area contributed by atoms with Crippen molar-refractivity contribution < 1.29 is 13.2 Å². The lowest BCUT2D eigenvalue weighted by Crippen LogP contribution is -2.49. The fourth-order valence-corrected chi connectivity index (χ4v) is 3.86. The van der Waals surface area contributed by atoms with Crippen LogP contribution in [0.3, 0.4) is 0 Å². The molecule has 0 bridgehead atoms. The van der Waals surface area contributed by atoms with Crippen molar-refractivity contribution in [2.75, 3.05) is 12.3 Å². The van der Waals surface area contributed by atoms with E-state index in [0.717, 1.165) is 24.8 Å². The van der Waals surface area contributed by atoms with Crippen molar-refractivity contribution in [1.82, 2.24) is 5.32 Å². The molecule has 5 nitrogen and oxygen atoms in total. The molecule has 0 aromatic heterocycles. The third-order valence-electron chi connectivity index (χ3n) is 4.02. The second-order valence-electron chi connectivity index (χ2n) is 6.49. The van der Waals surface area contributed by atoms with Gasteiger partial charge in [-0.2, -0.15) is 0 Å². The van der Waals surface area contributed by atoms with Crippen molar-refractivity contribution in [2.24, 2.45) is 5.73 Å². The minimum atomic E-state index is -3.43. The molecule has 0 spiro atoms. The van der Waals surface area contributed by atoms with Gasteiger partial charge in [0.25, 0.3) is 0 Å². The minimum Gasteiger partial charge on any atom is -0.350 e. The summed E-state index contributed by atoms with van der Waals surface area (Å²) in [6, 6.07) is 5.31. The topological polar surface area (TPSA) is 89.3 Å². The van der Waals surface area contributed by atoms with Crippen LogP contribution >= 0.6 is 12.4 Å². The summed E-state index contributed by atoms with van der Waals surface area (Å²) in [7, 11) is -3.43. The number of carbonyl (C=O) groups is 1. The Hall–Kier alpha value is -1.11. The molecule has 1 aliphatic carbocycles. The Balaban J connectivity index is 0.00000264. The molecule has 0 fully saturated rings. The van der Waals surface area contributed by atoms with Crippen molar-refractivity contribution >= 4 is 28.2 Å². The molecule has 1 amide bonds. The second kappa shape index (κ2) is 7.64. The van der Waals surface area contributed by atoms with E-state index >= 15 is 0 Å². The lowest BCUT2D eigenvalue weighted by molar-refractivity contribution is -0.122. The molecule has 130 valence electrons. The highest BCUT2D eigenvalue weighted by Crippen LogP contribution is 2.25. The van der Waals surface area contributed by atoms with Crippen LogP contribution in [0.4, 0.5) is 0 Å². The van der Waals surface area contributed by atoms with E-state index in [1.807, 2.05) is 6.07 Å². The average molecular weight is 361 g/mol. The molecule has 3 N–H and O–H groups in total. The molecule has 1 aliphatic rings. The third-order valence-corrected chi connectivity index (χ3v) is 5.73. The Morgan fingerprint density at radius 3 is 2.57 bits per heavy atom. The lowest BCUT2D eigenvalue weighted by atomic mass is 10.1. The summed E-state index contributed by atoms with van der Waals surface area (Å²) in [5.74, 6) is -0.474. The van der Waals surface area contributed by atoms with E-state index in [-0.39, 0.29) is 30.5 Å². The molecule has 0 unspecified atom stereocenters. The van der Waals surface area contributed by atoms with Gasteiger partial charge in [0.1, 0.15) is 0 Å². The first-order chi connectivity index (χ1) is 10.2. The van der Waals surface area contributed by atoms with Crippen LogP contribution in [-0.4, -0.2) is 32.2 Å². The molecular weight excluding hydrogens is 336 g/mol. The van der Waals surface area contributed by atoms with Crippen LogP contribution in [0.2, 0.25) is 0 Å². The molecule has 23 heavy (non-hydrogen) atoms. The summed E-state index contributed by atoms with van der Waals surface area (Å²) in [6.45, 7) is 3.91. The van der Waals surface area contributed by atoms with Gasteiger partial charge in [-0.3, -0.25) is 4.79 Å². The highest BCUT2D eigenvalue weighted by molar-refractivity contribution is 7.91. The van der Waals surface area contributed by atoms with Gasteiger partial charge in [-0.1, -0.05) is 6.07 Å². The molecule has 1 aromatic carbocycles. The summed E-state index contributed by atoms with van der Waals surface area (Å²) < 4.78 is 24.7. The number of hydrogen-bond acceptors (Lipinski definition) is 4. The maximum absolute atomic E-state index is 12.4. The van der Waals surface area contributed by atoms with E-state index in [1.54, 1.807) is 26.0 Å². The summed E-state index contributed by atoms with van der Waals surface area (Å²) in [4.78, 5) is 12.2. The molecule has 0 aliphatic heterocycles. The number of fused-ring (bicyclic) bond motifs is 1. The molecule has 0 radical (unpaired) electrons. The predicted octanol–water partition coefficient (Wildman–Crippen LogP) is 1.61. The van der Waals surface area contributed by atoms with Gasteiger partial charge in [0, 0.05) is 18.5 Å². The van der Waals surface area contributed by atoms with Gasteiger partial charge in [-0.15, -0.1) is 12.4 Å². The van der Waals surface area contributed by atoms with Gasteiger partial charge in [-0.05, 0) is 56.4 Å². The first-order valence-corrected chi connectivity index (χ1v) is 9.24. The van der Waals surface area contributed by atoms with Gasteiger partial charge in [0.05, 0.1) is 10.6 Å². The Morgan fingerprint density at radius 1 is 1.26 bits per heavy atom. The highest BCUT2D eigenvalue weighted by Gasteiger charge is 2.22. The molecular formula is C16H25ClN2O3S. The molecule has 0 saturated carbocycles. The van der Waals surface area contributed by atoms with Crippen LogP contribution in [0.5, 0.6) is 0 Å². The smallest absolute Gasteiger partial charge is 0.221 e. The zero-order valence-corrected chi connectivity index (χ0v) is 15.2. The number of hydrogen-bond donors (Lipinski definition) is 2. The van der Waals surface area contributed by atoms with Crippen LogP contribution in [0.1, 0.15) is 37.8 Å². The summed E-state index contributed by atoms with van der Waals surface area (Å²) >= 11 is 0. The number of rotatable bonds is 6. The number of sulfone groups is 1. The van der Waals surface area contributed by atoms with Crippen LogP contribution in [0, 0.1) is 0 Å². The van der Waals surface area contributed by atoms with Crippen LogP contribution in [-0.2, 0) is 27.5 Å². The number of carbonyl (C=O) groups excluding carboxylic acids is 1. The zero-order chi connectivity index (χ0) is 16.4. The number of aryl methyl sites for hydroxylation is 2. The molecule has 0 atom stereocenters. The first-order valence-electron chi connectivity index (χ1n) is 7.59. The van der Waals surface area contributed by atoms with Crippen LogP contribution < -0.4 is 11.1 Å².